The molecule has 0 aromatic rings. The van der Waals surface area contributed by atoms with Crippen molar-refractivity contribution in [2.45, 2.75) is 78.6 Å². The Morgan fingerprint density at radius 2 is 1.38 bits per heavy atom. The molecule has 4 nitrogen and oxygen atoms in total. The summed E-state index contributed by atoms with van der Waals surface area (Å²) >= 11 is 0. The zero-order valence-electron chi connectivity index (χ0n) is 13.9. The van der Waals surface area contributed by atoms with Gasteiger partial charge < -0.3 is 9.84 Å². The summed E-state index contributed by atoms with van der Waals surface area (Å²) in [5.41, 5.74) is 0. The van der Waals surface area contributed by atoms with Gasteiger partial charge in [-0.05, 0) is 25.7 Å². The molecule has 0 amide bonds. The summed E-state index contributed by atoms with van der Waals surface area (Å²) in [7, 11) is 0. The minimum absolute atomic E-state index is 0.165. The third kappa shape index (κ3) is 32.3. The van der Waals surface area contributed by atoms with Crippen LogP contribution in [0.25, 0.3) is 0 Å². The first-order chi connectivity index (χ1) is 10.0. The molecule has 21 heavy (non-hydrogen) atoms. The van der Waals surface area contributed by atoms with E-state index in [9.17, 15) is 4.79 Å². The van der Waals surface area contributed by atoms with Crippen molar-refractivity contribution >= 4 is 11.9 Å². The lowest BCUT2D eigenvalue weighted by Gasteiger charge is -2.01. The second-order valence-corrected chi connectivity index (χ2v) is 5.03. The number of esters is 1. The Kier molecular flexibility index (Phi) is 19.5. The highest BCUT2D eigenvalue weighted by Gasteiger charge is 1.93. The second kappa shape index (κ2) is 18.7. The first-order valence-electron chi connectivity index (χ1n) is 7.98. The Morgan fingerprint density at radius 1 is 0.905 bits per heavy atom. The molecule has 0 saturated heterocycles. The summed E-state index contributed by atoms with van der Waals surface area (Å²) in [6.45, 7) is 5.36. The van der Waals surface area contributed by atoms with E-state index in [2.05, 4.69) is 19.1 Å². The summed E-state index contributed by atoms with van der Waals surface area (Å²) in [6, 6.07) is 0. The van der Waals surface area contributed by atoms with Gasteiger partial charge in [-0.2, -0.15) is 0 Å². The number of hydrogen-bond donors (Lipinski definition) is 1. The molecule has 0 unspecified atom stereocenters. The standard InChI is InChI=1S/C15H28O2.C2H4O2/c1-3-4-5-6-7-8-9-10-11-12-13-14-17-15(2)16;1-2(3)4/h6-7H,3-5,8-14H2,1-2H3;1H3,(H,3,4)/b7-6+;. The average Bonchev–Trinajstić information content (AvgIpc) is 2.39. The average molecular weight is 300 g/mol. The molecular weight excluding hydrogens is 268 g/mol. The lowest BCUT2D eigenvalue weighted by atomic mass is 10.1. The molecule has 4 heteroatoms. The number of allylic oxidation sites excluding steroid dienone is 2. The molecule has 124 valence electrons. The van der Waals surface area contributed by atoms with E-state index in [1.165, 1.54) is 58.3 Å². The van der Waals surface area contributed by atoms with E-state index in [1.54, 1.807) is 0 Å². The van der Waals surface area contributed by atoms with Crippen molar-refractivity contribution in [2.24, 2.45) is 0 Å². The first-order valence-corrected chi connectivity index (χ1v) is 7.98. The maximum Gasteiger partial charge on any atom is 0.302 e. The number of unbranched alkanes of at least 4 members (excludes halogenated alkanes) is 7. The Hall–Kier alpha value is -1.32. The lowest BCUT2D eigenvalue weighted by Crippen LogP contribution is -1.99. The van der Waals surface area contributed by atoms with Gasteiger partial charge in [0.1, 0.15) is 0 Å². The number of carboxylic acid groups (broad SMARTS) is 1. The van der Waals surface area contributed by atoms with E-state index in [-0.39, 0.29) is 5.97 Å². The SMILES string of the molecule is CC(=O)O.CCCC/C=C/CCCCCCCOC(C)=O. The van der Waals surface area contributed by atoms with Crippen molar-refractivity contribution in [1.29, 1.82) is 0 Å². The minimum atomic E-state index is -0.833. The van der Waals surface area contributed by atoms with Gasteiger partial charge in [0.15, 0.2) is 0 Å². The van der Waals surface area contributed by atoms with E-state index in [0.29, 0.717) is 6.61 Å². The number of aliphatic carboxylic acids is 1. The van der Waals surface area contributed by atoms with E-state index in [1.807, 2.05) is 0 Å². The first kappa shape index (κ1) is 22.0. The van der Waals surface area contributed by atoms with Gasteiger partial charge in [-0.1, -0.05) is 51.2 Å². The molecule has 0 bridgehead atoms. The fourth-order valence-electron chi connectivity index (χ4n) is 1.67. The van der Waals surface area contributed by atoms with Crippen molar-refractivity contribution in [2.75, 3.05) is 6.61 Å². The largest absolute Gasteiger partial charge is 0.481 e. The predicted octanol–water partition coefficient (Wildman–Crippen LogP) is 4.73. The molecule has 0 fully saturated rings. The van der Waals surface area contributed by atoms with E-state index in [0.717, 1.165) is 13.3 Å². The van der Waals surface area contributed by atoms with Gasteiger partial charge in [-0.25, -0.2) is 0 Å². The van der Waals surface area contributed by atoms with Crippen molar-refractivity contribution in [3.05, 3.63) is 12.2 Å². The number of carbonyl (C=O) groups is 2. The smallest absolute Gasteiger partial charge is 0.302 e. The van der Waals surface area contributed by atoms with Gasteiger partial charge in [0.2, 0.25) is 0 Å². The monoisotopic (exact) mass is 300 g/mol. The highest BCUT2D eigenvalue weighted by molar-refractivity contribution is 5.65. The molecule has 1 N–H and O–H groups in total. The number of rotatable bonds is 11. The van der Waals surface area contributed by atoms with Crippen LogP contribution in [0.5, 0.6) is 0 Å². The summed E-state index contributed by atoms with van der Waals surface area (Å²) in [5, 5.41) is 7.42. The summed E-state index contributed by atoms with van der Waals surface area (Å²) in [5.74, 6) is -0.998. The molecule has 0 aliphatic carbocycles. The maximum atomic E-state index is 10.5. The van der Waals surface area contributed by atoms with Crippen LogP contribution in [0.3, 0.4) is 0 Å². The Balaban J connectivity index is 0. The lowest BCUT2D eigenvalue weighted by molar-refractivity contribution is -0.141. The minimum Gasteiger partial charge on any atom is -0.481 e. The fraction of sp³-hybridized carbons (Fsp3) is 0.765. The number of ether oxygens (including phenoxy) is 1. The van der Waals surface area contributed by atoms with Gasteiger partial charge in [-0.15, -0.1) is 0 Å². The highest BCUT2D eigenvalue weighted by atomic mass is 16.5. The van der Waals surface area contributed by atoms with Crippen LogP contribution >= 0.6 is 0 Å². The Morgan fingerprint density at radius 3 is 1.90 bits per heavy atom. The van der Waals surface area contributed by atoms with Gasteiger partial charge in [0, 0.05) is 13.8 Å². The molecule has 0 heterocycles. The molecule has 0 aromatic heterocycles. The van der Waals surface area contributed by atoms with Crippen molar-refractivity contribution < 1.29 is 19.4 Å². The maximum absolute atomic E-state index is 10.5. The van der Waals surface area contributed by atoms with Crippen LogP contribution in [-0.4, -0.2) is 23.7 Å². The molecular formula is C17H32O4. The van der Waals surface area contributed by atoms with Crippen LogP contribution < -0.4 is 0 Å². The molecule has 0 spiro atoms. The predicted molar refractivity (Wildman–Crippen MR) is 86.3 cm³/mol. The third-order valence-corrected chi connectivity index (χ3v) is 2.71. The second-order valence-electron chi connectivity index (χ2n) is 5.03. The van der Waals surface area contributed by atoms with Gasteiger partial charge in [-0.3, -0.25) is 9.59 Å². The molecule has 0 aromatic carbocycles. The zero-order valence-corrected chi connectivity index (χ0v) is 13.9. The van der Waals surface area contributed by atoms with Crippen LogP contribution in [0.4, 0.5) is 0 Å². The van der Waals surface area contributed by atoms with Gasteiger partial charge >= 0.3 is 5.97 Å². The van der Waals surface area contributed by atoms with E-state index < -0.39 is 5.97 Å². The van der Waals surface area contributed by atoms with Crippen LogP contribution in [0.2, 0.25) is 0 Å². The molecule has 0 aliphatic heterocycles. The number of carboxylic acids is 1. The van der Waals surface area contributed by atoms with Crippen molar-refractivity contribution in [3.8, 4) is 0 Å². The highest BCUT2D eigenvalue weighted by Crippen LogP contribution is 2.06. The summed E-state index contributed by atoms with van der Waals surface area (Å²) in [6.07, 6.45) is 15.7. The molecule has 0 saturated carbocycles. The number of carbonyl (C=O) groups excluding carboxylic acids is 1. The third-order valence-electron chi connectivity index (χ3n) is 2.71. The molecule has 0 rings (SSSR count). The molecule has 0 aliphatic rings. The van der Waals surface area contributed by atoms with Gasteiger partial charge in [0.25, 0.3) is 5.97 Å². The topological polar surface area (TPSA) is 63.6 Å². The van der Waals surface area contributed by atoms with E-state index >= 15 is 0 Å². The normalized spacial score (nSPS) is 10.0. The van der Waals surface area contributed by atoms with Crippen LogP contribution in [0.15, 0.2) is 12.2 Å². The zero-order chi connectivity index (χ0) is 16.3. The molecule has 0 atom stereocenters. The van der Waals surface area contributed by atoms with Crippen LogP contribution in [-0.2, 0) is 14.3 Å². The number of hydrogen-bond acceptors (Lipinski definition) is 3. The van der Waals surface area contributed by atoms with Crippen molar-refractivity contribution in [3.63, 3.8) is 0 Å². The quantitative estimate of drug-likeness (QED) is 0.340. The summed E-state index contributed by atoms with van der Waals surface area (Å²) < 4.78 is 4.87. The summed E-state index contributed by atoms with van der Waals surface area (Å²) in [4.78, 5) is 19.5. The molecule has 0 radical (unpaired) electrons. The van der Waals surface area contributed by atoms with Crippen LogP contribution in [0, 0.1) is 0 Å². The van der Waals surface area contributed by atoms with Crippen LogP contribution in [0.1, 0.15) is 78.6 Å². The van der Waals surface area contributed by atoms with Crippen molar-refractivity contribution in [1.82, 2.24) is 0 Å². The van der Waals surface area contributed by atoms with E-state index in [4.69, 9.17) is 14.6 Å². The Bertz CT molecular complexity index is 268. The van der Waals surface area contributed by atoms with Gasteiger partial charge in [0.05, 0.1) is 6.61 Å². The Labute approximate surface area is 129 Å². The fourth-order valence-corrected chi connectivity index (χ4v) is 1.67.